The van der Waals surface area contributed by atoms with Crippen molar-refractivity contribution in [2.45, 2.75) is 6.42 Å². The van der Waals surface area contributed by atoms with Gasteiger partial charge in [-0.2, -0.15) is 0 Å². The average molecular weight is 353 g/mol. The molecule has 0 aliphatic carbocycles. The quantitative estimate of drug-likeness (QED) is 0.433. The molecular weight excluding hydrogens is 330 g/mol. The van der Waals surface area contributed by atoms with Crippen molar-refractivity contribution in [3.05, 3.63) is 65.7 Å². The maximum Gasteiger partial charge on any atom is 0.292 e. The monoisotopic (exact) mass is 353 g/mol. The fourth-order valence-corrected chi connectivity index (χ4v) is 2.37. The van der Waals surface area contributed by atoms with E-state index >= 15 is 0 Å². The second-order valence-corrected chi connectivity index (χ2v) is 6.11. The van der Waals surface area contributed by atoms with Gasteiger partial charge >= 0.3 is 0 Å². The number of Topliss-reactive ketones (excluding diaryl/α,β-unsaturated/α-hetero) is 1. The Kier molecular flexibility index (Phi) is 7.05. The number of hydrogen-bond acceptors (Lipinski definition) is 4. The van der Waals surface area contributed by atoms with Gasteiger partial charge in [0.1, 0.15) is 0 Å². The highest BCUT2D eigenvalue weighted by molar-refractivity contribution is 6.44. The Balaban J connectivity index is 2.04. The molecule has 0 aliphatic rings. The van der Waals surface area contributed by atoms with Crippen molar-refractivity contribution in [1.29, 1.82) is 0 Å². The Bertz CT molecular complexity index is 773. The van der Waals surface area contributed by atoms with Crippen LogP contribution in [0.4, 0.5) is 5.69 Å². The molecule has 0 atom stereocenters. The zero-order valence-electron chi connectivity index (χ0n) is 15.0. The van der Waals surface area contributed by atoms with Crippen LogP contribution in [0.1, 0.15) is 27.1 Å². The van der Waals surface area contributed by atoms with Gasteiger partial charge in [-0.1, -0.05) is 30.3 Å². The first-order chi connectivity index (χ1) is 12.5. The number of nitrogens with zero attached hydrogens (tertiary/aromatic N) is 1. The van der Waals surface area contributed by atoms with Gasteiger partial charge in [0, 0.05) is 12.1 Å². The van der Waals surface area contributed by atoms with Gasteiger partial charge in [0.2, 0.25) is 0 Å². The third-order valence-corrected chi connectivity index (χ3v) is 3.73. The van der Waals surface area contributed by atoms with Gasteiger partial charge in [0.05, 0.1) is 11.3 Å². The molecule has 136 valence electrons. The number of ketones is 1. The lowest BCUT2D eigenvalue weighted by atomic mass is 10.1. The van der Waals surface area contributed by atoms with Crippen LogP contribution in [0.25, 0.3) is 0 Å². The Morgan fingerprint density at radius 1 is 0.923 bits per heavy atom. The standard InChI is InChI=1S/C20H23N3O3/c1-23(2)14-8-13-21-20(26)18(24)16-11-6-7-12-17(16)22-19(25)15-9-4-3-5-10-15/h3-7,9-12H,8,13-14H2,1-2H3,(H,21,26)(H,22,25). The van der Waals surface area contributed by atoms with E-state index in [-0.39, 0.29) is 11.5 Å². The molecule has 0 aromatic heterocycles. The van der Waals surface area contributed by atoms with Crippen LogP contribution in [0, 0.1) is 0 Å². The lowest BCUT2D eigenvalue weighted by Crippen LogP contribution is -2.33. The van der Waals surface area contributed by atoms with E-state index in [1.807, 2.05) is 25.1 Å². The van der Waals surface area contributed by atoms with Crippen LogP contribution in [0.15, 0.2) is 54.6 Å². The molecule has 26 heavy (non-hydrogen) atoms. The average Bonchev–Trinajstić information content (AvgIpc) is 2.65. The molecule has 0 heterocycles. The smallest absolute Gasteiger partial charge is 0.292 e. The maximum absolute atomic E-state index is 12.4. The first-order valence-electron chi connectivity index (χ1n) is 8.41. The molecule has 2 N–H and O–H groups in total. The number of para-hydroxylation sites is 1. The molecule has 0 fully saturated rings. The van der Waals surface area contributed by atoms with E-state index in [9.17, 15) is 14.4 Å². The molecule has 0 bridgehead atoms. The largest absolute Gasteiger partial charge is 0.349 e. The van der Waals surface area contributed by atoms with Crippen molar-refractivity contribution in [1.82, 2.24) is 10.2 Å². The van der Waals surface area contributed by atoms with Gasteiger partial charge in [-0.25, -0.2) is 0 Å². The van der Waals surface area contributed by atoms with Crippen LogP contribution in [0.2, 0.25) is 0 Å². The van der Waals surface area contributed by atoms with E-state index in [0.29, 0.717) is 17.8 Å². The minimum absolute atomic E-state index is 0.168. The van der Waals surface area contributed by atoms with E-state index in [1.54, 1.807) is 42.5 Å². The Morgan fingerprint density at radius 3 is 2.27 bits per heavy atom. The minimum Gasteiger partial charge on any atom is -0.349 e. The van der Waals surface area contributed by atoms with E-state index in [2.05, 4.69) is 10.6 Å². The number of benzene rings is 2. The van der Waals surface area contributed by atoms with Crippen molar-refractivity contribution < 1.29 is 14.4 Å². The van der Waals surface area contributed by atoms with Crippen LogP contribution in [0.3, 0.4) is 0 Å². The molecule has 0 saturated heterocycles. The summed E-state index contributed by atoms with van der Waals surface area (Å²) in [6.07, 6.45) is 0.748. The number of anilines is 1. The molecule has 2 rings (SSSR count). The number of nitrogens with one attached hydrogen (secondary N) is 2. The lowest BCUT2D eigenvalue weighted by Gasteiger charge is -2.11. The van der Waals surface area contributed by atoms with Crippen LogP contribution >= 0.6 is 0 Å². The summed E-state index contributed by atoms with van der Waals surface area (Å²) in [6, 6.07) is 15.2. The molecule has 6 heteroatoms. The maximum atomic E-state index is 12.4. The van der Waals surface area contributed by atoms with Gasteiger partial charge in [-0.05, 0) is 51.3 Å². The number of hydrogen-bond donors (Lipinski definition) is 2. The van der Waals surface area contributed by atoms with Crippen LogP contribution < -0.4 is 10.6 Å². The fourth-order valence-electron chi connectivity index (χ4n) is 2.37. The Hall–Kier alpha value is -2.99. The fraction of sp³-hybridized carbons (Fsp3) is 0.250. The highest BCUT2D eigenvalue weighted by Gasteiger charge is 2.20. The summed E-state index contributed by atoms with van der Waals surface area (Å²) in [5.41, 5.74) is 0.958. The Labute approximate surface area is 153 Å². The summed E-state index contributed by atoms with van der Waals surface area (Å²) >= 11 is 0. The van der Waals surface area contributed by atoms with Gasteiger partial charge in [-0.3, -0.25) is 14.4 Å². The topological polar surface area (TPSA) is 78.5 Å². The number of rotatable bonds is 8. The number of carbonyl (C=O) groups excluding carboxylic acids is 3. The van der Waals surface area contributed by atoms with E-state index in [1.165, 1.54) is 6.07 Å². The molecule has 0 unspecified atom stereocenters. The highest BCUT2D eigenvalue weighted by atomic mass is 16.2. The van der Waals surface area contributed by atoms with Gasteiger partial charge in [0.25, 0.3) is 17.6 Å². The van der Waals surface area contributed by atoms with Crippen molar-refractivity contribution in [2.24, 2.45) is 0 Å². The van der Waals surface area contributed by atoms with Gasteiger partial charge < -0.3 is 15.5 Å². The zero-order chi connectivity index (χ0) is 18.9. The first kappa shape index (κ1) is 19.3. The predicted octanol–water partition coefficient (Wildman–Crippen LogP) is 2.19. The normalized spacial score (nSPS) is 10.4. The summed E-state index contributed by atoms with van der Waals surface area (Å²) in [6.45, 7) is 1.24. The van der Waals surface area contributed by atoms with E-state index < -0.39 is 11.7 Å². The third-order valence-electron chi connectivity index (χ3n) is 3.73. The molecule has 0 aliphatic heterocycles. The SMILES string of the molecule is CN(C)CCCNC(=O)C(=O)c1ccccc1NC(=O)c1ccccc1. The zero-order valence-corrected chi connectivity index (χ0v) is 15.0. The van der Waals surface area contributed by atoms with Gasteiger partial charge in [0.15, 0.2) is 0 Å². The molecule has 2 aromatic rings. The highest BCUT2D eigenvalue weighted by Crippen LogP contribution is 2.17. The number of amides is 2. The third kappa shape index (κ3) is 5.53. The predicted molar refractivity (Wildman–Crippen MR) is 101 cm³/mol. The summed E-state index contributed by atoms with van der Waals surface area (Å²) in [4.78, 5) is 38.9. The second kappa shape index (κ2) is 9.48. The minimum atomic E-state index is -0.676. The molecule has 2 amide bonds. The summed E-state index contributed by atoms with van der Waals surface area (Å²) in [5.74, 6) is -1.68. The van der Waals surface area contributed by atoms with Crippen molar-refractivity contribution in [3.8, 4) is 0 Å². The molecular formula is C20H23N3O3. The van der Waals surface area contributed by atoms with Crippen molar-refractivity contribution in [2.75, 3.05) is 32.5 Å². The van der Waals surface area contributed by atoms with Crippen LogP contribution in [0.5, 0.6) is 0 Å². The lowest BCUT2D eigenvalue weighted by molar-refractivity contribution is -0.117. The van der Waals surface area contributed by atoms with Crippen molar-refractivity contribution >= 4 is 23.3 Å². The Morgan fingerprint density at radius 2 is 1.58 bits per heavy atom. The van der Waals surface area contributed by atoms with Gasteiger partial charge in [-0.15, -0.1) is 0 Å². The van der Waals surface area contributed by atoms with E-state index in [0.717, 1.165) is 13.0 Å². The molecule has 0 radical (unpaired) electrons. The molecule has 2 aromatic carbocycles. The second-order valence-electron chi connectivity index (χ2n) is 6.11. The molecule has 0 saturated carbocycles. The molecule has 0 spiro atoms. The van der Waals surface area contributed by atoms with Crippen molar-refractivity contribution in [3.63, 3.8) is 0 Å². The summed E-state index contributed by atoms with van der Waals surface area (Å²) < 4.78 is 0. The van der Waals surface area contributed by atoms with E-state index in [4.69, 9.17) is 0 Å². The summed E-state index contributed by atoms with van der Waals surface area (Å²) in [5, 5.41) is 5.32. The summed E-state index contributed by atoms with van der Waals surface area (Å²) in [7, 11) is 3.89. The first-order valence-corrected chi connectivity index (χ1v) is 8.41. The number of carbonyl (C=O) groups is 3. The van der Waals surface area contributed by atoms with Crippen LogP contribution in [-0.4, -0.2) is 49.7 Å². The molecule has 6 nitrogen and oxygen atoms in total. The van der Waals surface area contributed by atoms with Crippen LogP contribution in [-0.2, 0) is 4.79 Å².